The largest absolute Gasteiger partial charge is 0.384 e. The second-order valence-corrected chi connectivity index (χ2v) is 6.29. The smallest absolute Gasteiger partial charge is 0.348 e. The fourth-order valence-corrected chi connectivity index (χ4v) is 3.17. The van der Waals surface area contributed by atoms with Crippen molar-refractivity contribution in [3.8, 4) is 11.8 Å². The highest BCUT2D eigenvalue weighted by atomic mass is 16.6. The van der Waals surface area contributed by atoms with Gasteiger partial charge in [-0.15, -0.1) is 0 Å². The summed E-state index contributed by atoms with van der Waals surface area (Å²) in [4.78, 5) is 29.5. The minimum Gasteiger partial charge on any atom is -0.384 e. The van der Waals surface area contributed by atoms with Crippen LogP contribution < -0.4 is 5.73 Å². The van der Waals surface area contributed by atoms with Gasteiger partial charge in [0.15, 0.2) is 5.65 Å². The highest BCUT2D eigenvalue weighted by Crippen LogP contribution is 2.34. The number of aryl methyl sites for hydroxylation is 1. The van der Waals surface area contributed by atoms with Crippen molar-refractivity contribution >= 4 is 39.4 Å². The first-order valence-corrected chi connectivity index (χ1v) is 8.23. The number of nitro benzene ring substituents is 2. The Balaban J connectivity index is 2.14. The van der Waals surface area contributed by atoms with Crippen LogP contribution in [-0.2, 0) is 0 Å². The van der Waals surface area contributed by atoms with Gasteiger partial charge in [0, 0.05) is 5.69 Å². The molecule has 0 amide bonds. The lowest BCUT2D eigenvalue weighted by molar-refractivity contribution is -0.422. The van der Waals surface area contributed by atoms with E-state index in [4.69, 9.17) is 5.73 Å². The summed E-state index contributed by atoms with van der Waals surface area (Å²) in [6, 6.07) is 11.3. The first kappa shape index (κ1) is 17.8. The van der Waals surface area contributed by atoms with E-state index in [-0.39, 0.29) is 33.6 Å². The zero-order chi connectivity index (χ0) is 20.9. The topological polar surface area (TPSA) is 167 Å². The highest BCUT2D eigenvalue weighted by Gasteiger charge is 2.27. The molecule has 0 fully saturated rings. The summed E-state index contributed by atoms with van der Waals surface area (Å²) in [6.07, 6.45) is 0. The van der Waals surface area contributed by atoms with Gasteiger partial charge in [0.1, 0.15) is 23.0 Å². The van der Waals surface area contributed by atoms with Crippen LogP contribution in [0.15, 0.2) is 36.4 Å². The van der Waals surface area contributed by atoms with Gasteiger partial charge >= 0.3 is 11.4 Å². The predicted molar refractivity (Wildman–Crippen MR) is 104 cm³/mol. The number of hydrogen-bond donors (Lipinski definition) is 1. The maximum Gasteiger partial charge on any atom is 0.348 e. The number of anilines is 1. The fraction of sp³-hybridized carbons (Fsp3) is 0.0556. The maximum atomic E-state index is 11.2. The van der Waals surface area contributed by atoms with Crippen molar-refractivity contribution in [2.45, 2.75) is 6.92 Å². The van der Waals surface area contributed by atoms with E-state index in [1.54, 1.807) is 6.07 Å². The lowest BCUT2D eigenvalue weighted by atomic mass is 10.2. The molecule has 29 heavy (non-hydrogen) atoms. The lowest BCUT2D eigenvalue weighted by Gasteiger charge is -2.08. The summed E-state index contributed by atoms with van der Waals surface area (Å²) in [7, 11) is 0. The van der Waals surface area contributed by atoms with Gasteiger partial charge in [-0.3, -0.25) is 24.8 Å². The minimum atomic E-state index is -0.860. The Bertz CT molecular complexity index is 1400. The highest BCUT2D eigenvalue weighted by molar-refractivity contribution is 5.95. The van der Waals surface area contributed by atoms with E-state index in [0.717, 1.165) is 17.7 Å². The third-order valence-electron chi connectivity index (χ3n) is 4.45. The number of nitro groups is 2. The predicted octanol–water partition coefficient (Wildman–Crippen LogP) is 3.15. The van der Waals surface area contributed by atoms with E-state index in [1.165, 1.54) is 4.57 Å². The van der Waals surface area contributed by atoms with Crippen LogP contribution in [0, 0.1) is 38.5 Å². The molecule has 0 saturated carbocycles. The number of benzene rings is 2. The summed E-state index contributed by atoms with van der Waals surface area (Å²) in [6.45, 7) is 1.89. The monoisotopic (exact) mass is 389 g/mol. The summed E-state index contributed by atoms with van der Waals surface area (Å²) in [5.41, 5.74) is 6.92. The molecule has 2 aromatic carbocycles. The Kier molecular flexibility index (Phi) is 3.83. The van der Waals surface area contributed by atoms with Gasteiger partial charge in [0.25, 0.3) is 0 Å². The molecule has 2 heterocycles. The zero-order valence-corrected chi connectivity index (χ0v) is 14.9. The van der Waals surface area contributed by atoms with Crippen molar-refractivity contribution in [3.63, 3.8) is 0 Å². The molecule has 0 aliphatic heterocycles. The van der Waals surface area contributed by atoms with E-state index < -0.39 is 21.2 Å². The first-order valence-electron chi connectivity index (χ1n) is 8.23. The number of nitriles is 1. The van der Waals surface area contributed by atoms with Crippen LogP contribution in [0.2, 0.25) is 0 Å². The van der Waals surface area contributed by atoms with Crippen LogP contribution in [0.25, 0.3) is 27.9 Å². The van der Waals surface area contributed by atoms with Crippen LogP contribution >= 0.6 is 0 Å². The molecule has 142 valence electrons. The molecule has 2 N–H and O–H groups in total. The Hall–Kier alpha value is -4.59. The summed E-state index contributed by atoms with van der Waals surface area (Å²) in [5, 5.41) is 32.0. The molecule has 0 aliphatic rings. The van der Waals surface area contributed by atoms with Crippen LogP contribution in [0.4, 0.5) is 17.2 Å². The van der Waals surface area contributed by atoms with Gasteiger partial charge in [-0.2, -0.15) is 5.26 Å². The number of nitrogens with zero attached hydrogens (tertiary/aromatic N) is 6. The normalized spacial score (nSPS) is 10.9. The van der Waals surface area contributed by atoms with E-state index in [2.05, 4.69) is 9.97 Å². The number of hydrogen-bond acceptors (Lipinski definition) is 8. The van der Waals surface area contributed by atoms with Gasteiger partial charge in [-0.1, -0.05) is 12.1 Å². The third kappa shape index (κ3) is 2.67. The van der Waals surface area contributed by atoms with E-state index in [9.17, 15) is 25.5 Å². The van der Waals surface area contributed by atoms with Gasteiger partial charge in [-0.25, -0.2) is 9.97 Å². The average Bonchev–Trinajstić information content (AvgIpc) is 2.94. The van der Waals surface area contributed by atoms with Crippen molar-refractivity contribution in [1.29, 1.82) is 5.26 Å². The van der Waals surface area contributed by atoms with Crippen LogP contribution in [0.3, 0.4) is 0 Å². The molecule has 4 rings (SSSR count). The Labute approximate surface area is 161 Å². The molecule has 0 aliphatic carbocycles. The molecule has 11 nitrogen and oxygen atoms in total. The molecule has 0 atom stereocenters. The molecule has 11 heteroatoms. The fourth-order valence-electron chi connectivity index (χ4n) is 3.17. The maximum absolute atomic E-state index is 11.2. The molecule has 0 radical (unpaired) electrons. The van der Waals surface area contributed by atoms with E-state index >= 15 is 0 Å². The number of rotatable bonds is 3. The molecular weight excluding hydrogens is 378 g/mol. The van der Waals surface area contributed by atoms with Crippen molar-refractivity contribution < 1.29 is 9.85 Å². The summed E-state index contributed by atoms with van der Waals surface area (Å²) < 4.78 is 1.53. The van der Waals surface area contributed by atoms with Gasteiger partial charge in [0.05, 0.1) is 33.0 Å². The van der Waals surface area contributed by atoms with Crippen LogP contribution in [0.5, 0.6) is 0 Å². The van der Waals surface area contributed by atoms with E-state index in [0.29, 0.717) is 5.69 Å². The van der Waals surface area contributed by atoms with Gasteiger partial charge < -0.3 is 5.73 Å². The molecule has 4 aromatic rings. The molecule has 0 bridgehead atoms. The third-order valence-corrected chi connectivity index (χ3v) is 4.45. The second-order valence-electron chi connectivity index (χ2n) is 6.29. The average molecular weight is 389 g/mol. The van der Waals surface area contributed by atoms with Gasteiger partial charge in [-0.05, 0) is 24.6 Å². The SMILES string of the molecule is Cc1cccc(-n2c(N)c(C#N)c3nc4cc([N+](=O)[O-])c([N+](=O)[O-])cc4nc32)c1. The number of nitrogens with two attached hydrogens (primary N) is 1. The summed E-state index contributed by atoms with van der Waals surface area (Å²) in [5.74, 6) is 0.104. The Morgan fingerprint density at radius 2 is 1.69 bits per heavy atom. The van der Waals surface area contributed by atoms with Crippen molar-refractivity contribution in [2.75, 3.05) is 5.73 Å². The van der Waals surface area contributed by atoms with Crippen molar-refractivity contribution in [3.05, 3.63) is 67.8 Å². The van der Waals surface area contributed by atoms with Crippen LogP contribution in [0.1, 0.15) is 11.1 Å². The number of nitrogen functional groups attached to an aromatic ring is 1. The van der Waals surface area contributed by atoms with Crippen molar-refractivity contribution in [2.24, 2.45) is 0 Å². The molecule has 0 unspecified atom stereocenters. The van der Waals surface area contributed by atoms with Crippen LogP contribution in [-0.4, -0.2) is 24.4 Å². The van der Waals surface area contributed by atoms with E-state index in [1.807, 2.05) is 31.2 Å². The zero-order valence-electron chi connectivity index (χ0n) is 14.9. The van der Waals surface area contributed by atoms with Gasteiger partial charge in [0.2, 0.25) is 0 Å². The number of aromatic nitrogens is 3. The quantitative estimate of drug-likeness (QED) is 0.412. The molecule has 2 aromatic heterocycles. The summed E-state index contributed by atoms with van der Waals surface area (Å²) >= 11 is 0. The van der Waals surface area contributed by atoms with Crippen molar-refractivity contribution in [1.82, 2.24) is 14.5 Å². The minimum absolute atomic E-state index is 0.0488. The Morgan fingerprint density at radius 1 is 1.07 bits per heavy atom. The second kappa shape index (κ2) is 6.24. The standard InChI is InChI=1S/C18H11N7O4/c1-9-3-2-4-10(5-9)23-17(20)11(8-19)16-18(23)22-13-7-15(25(28)29)14(24(26)27)6-12(13)21-16/h2-7H,20H2,1H3. The lowest BCUT2D eigenvalue weighted by Crippen LogP contribution is -2.02. The Morgan fingerprint density at radius 3 is 2.24 bits per heavy atom. The molecular formula is C18H11N7O4. The molecule has 0 saturated heterocycles. The number of fused-ring (bicyclic) bond motifs is 2. The first-order chi connectivity index (χ1) is 13.8. The molecule has 0 spiro atoms.